The van der Waals surface area contributed by atoms with Gasteiger partial charge in [0.25, 0.3) is 0 Å². The van der Waals surface area contributed by atoms with Crippen LogP contribution in [0.2, 0.25) is 5.02 Å². The first-order valence-electron chi connectivity index (χ1n) is 6.15. The normalized spacial score (nSPS) is 14.3. The summed E-state index contributed by atoms with van der Waals surface area (Å²) in [4.78, 5) is 0. The van der Waals surface area contributed by atoms with Crippen LogP contribution in [0.4, 0.5) is 0 Å². The molecule has 0 spiro atoms. The zero-order valence-corrected chi connectivity index (χ0v) is 12.8. The van der Waals surface area contributed by atoms with Gasteiger partial charge in [-0.15, -0.1) is 0 Å². The van der Waals surface area contributed by atoms with Gasteiger partial charge in [-0.3, -0.25) is 0 Å². The molecule has 0 aliphatic carbocycles. The highest BCUT2D eigenvalue weighted by Gasteiger charge is 2.20. The molecule has 1 aliphatic heterocycles. The number of aliphatic hydroxyl groups excluding tert-OH is 1. The molecule has 5 heteroatoms. The summed E-state index contributed by atoms with van der Waals surface area (Å²) < 4.78 is 11.5. The number of aliphatic hydroxyl groups is 1. The van der Waals surface area contributed by atoms with Crippen molar-refractivity contribution in [2.75, 3.05) is 6.79 Å². The van der Waals surface area contributed by atoms with Gasteiger partial charge in [0.2, 0.25) is 6.79 Å². The molecule has 1 heterocycles. The smallest absolute Gasteiger partial charge is 0.231 e. The lowest BCUT2D eigenvalue weighted by molar-refractivity contribution is 0.171. The van der Waals surface area contributed by atoms with E-state index in [1.807, 2.05) is 36.4 Å². The van der Waals surface area contributed by atoms with Crippen molar-refractivity contribution in [2.24, 2.45) is 0 Å². The third kappa shape index (κ3) is 2.77. The molecule has 20 heavy (non-hydrogen) atoms. The monoisotopic (exact) mass is 354 g/mol. The molecule has 1 atom stereocenters. The Morgan fingerprint density at radius 1 is 1.25 bits per heavy atom. The fourth-order valence-electron chi connectivity index (χ4n) is 2.18. The van der Waals surface area contributed by atoms with E-state index in [0.29, 0.717) is 22.9 Å². The summed E-state index contributed by atoms with van der Waals surface area (Å²) in [7, 11) is 0. The fraction of sp³-hybridized carbons (Fsp3) is 0.200. The number of halogens is 2. The summed E-state index contributed by atoms with van der Waals surface area (Å²) in [6.45, 7) is 0.210. The summed E-state index contributed by atoms with van der Waals surface area (Å²) in [6.07, 6.45) is -0.133. The highest BCUT2D eigenvalue weighted by molar-refractivity contribution is 9.10. The van der Waals surface area contributed by atoms with Gasteiger partial charge in [-0.1, -0.05) is 23.7 Å². The predicted molar refractivity (Wildman–Crippen MR) is 80.4 cm³/mol. The van der Waals surface area contributed by atoms with E-state index < -0.39 is 6.10 Å². The van der Waals surface area contributed by atoms with E-state index in [1.54, 1.807) is 0 Å². The number of fused-ring (bicyclic) bond motifs is 1. The minimum atomic E-state index is -0.626. The lowest BCUT2D eigenvalue weighted by Gasteiger charge is -2.13. The second-order valence-electron chi connectivity index (χ2n) is 4.59. The van der Waals surface area contributed by atoms with Gasteiger partial charge in [0, 0.05) is 11.4 Å². The summed E-state index contributed by atoms with van der Waals surface area (Å²) in [5.74, 6) is 1.34. The Labute approximate surface area is 130 Å². The molecule has 0 bridgehead atoms. The van der Waals surface area contributed by atoms with Crippen molar-refractivity contribution in [3.63, 3.8) is 0 Å². The maximum atomic E-state index is 10.4. The predicted octanol–water partition coefficient (Wildman–Crippen LogP) is 4.11. The molecule has 1 N–H and O–H groups in total. The molecule has 3 rings (SSSR count). The molecule has 1 unspecified atom stereocenters. The van der Waals surface area contributed by atoms with Crippen LogP contribution in [-0.4, -0.2) is 11.9 Å². The highest BCUT2D eigenvalue weighted by atomic mass is 79.9. The Hall–Kier alpha value is -1.23. The molecule has 3 nitrogen and oxygen atoms in total. The van der Waals surface area contributed by atoms with E-state index in [0.717, 1.165) is 15.6 Å². The van der Waals surface area contributed by atoms with Crippen LogP contribution in [0.25, 0.3) is 0 Å². The van der Waals surface area contributed by atoms with Gasteiger partial charge in [0.1, 0.15) is 0 Å². The zero-order valence-electron chi connectivity index (χ0n) is 10.5. The number of ether oxygens (including phenoxy) is 2. The topological polar surface area (TPSA) is 38.7 Å². The molecule has 2 aromatic carbocycles. The van der Waals surface area contributed by atoms with Crippen molar-refractivity contribution in [1.82, 2.24) is 0 Å². The largest absolute Gasteiger partial charge is 0.454 e. The maximum Gasteiger partial charge on any atom is 0.231 e. The molecular weight excluding hydrogens is 344 g/mol. The second-order valence-corrected chi connectivity index (χ2v) is 5.88. The van der Waals surface area contributed by atoms with E-state index >= 15 is 0 Å². The van der Waals surface area contributed by atoms with Crippen LogP contribution < -0.4 is 9.47 Å². The number of rotatable bonds is 3. The highest BCUT2D eigenvalue weighted by Crippen LogP contribution is 2.41. The molecule has 0 radical (unpaired) electrons. The van der Waals surface area contributed by atoms with Gasteiger partial charge in [0.15, 0.2) is 11.5 Å². The standard InChI is InChI=1S/C15H12BrClO3/c16-12-6-10(7-14-15(12)20-8-19-14)13(18)5-9-2-1-3-11(17)4-9/h1-4,6-7,13,18H,5,8H2. The van der Waals surface area contributed by atoms with Crippen molar-refractivity contribution in [3.8, 4) is 11.5 Å². The van der Waals surface area contributed by atoms with Crippen LogP contribution in [0.1, 0.15) is 17.2 Å². The maximum absolute atomic E-state index is 10.4. The molecular formula is C15H12BrClO3. The first-order chi connectivity index (χ1) is 9.63. The third-order valence-corrected chi connectivity index (χ3v) is 3.98. The summed E-state index contributed by atoms with van der Waals surface area (Å²) in [5.41, 5.74) is 1.76. The summed E-state index contributed by atoms with van der Waals surface area (Å²) in [5, 5.41) is 11.0. The van der Waals surface area contributed by atoms with Crippen LogP contribution in [0.3, 0.4) is 0 Å². The zero-order chi connectivity index (χ0) is 14.1. The van der Waals surface area contributed by atoms with Crippen LogP contribution >= 0.6 is 27.5 Å². The minimum absolute atomic E-state index is 0.210. The van der Waals surface area contributed by atoms with Crippen molar-refractivity contribution in [1.29, 1.82) is 0 Å². The van der Waals surface area contributed by atoms with Gasteiger partial charge in [-0.2, -0.15) is 0 Å². The molecule has 0 amide bonds. The average Bonchev–Trinajstić information content (AvgIpc) is 2.87. The Morgan fingerprint density at radius 3 is 2.90 bits per heavy atom. The van der Waals surface area contributed by atoms with E-state index in [4.69, 9.17) is 21.1 Å². The lowest BCUT2D eigenvalue weighted by atomic mass is 10.0. The van der Waals surface area contributed by atoms with Crippen molar-refractivity contribution in [3.05, 3.63) is 57.0 Å². The van der Waals surface area contributed by atoms with Gasteiger partial charge >= 0.3 is 0 Å². The summed E-state index contributed by atoms with van der Waals surface area (Å²) >= 11 is 9.38. The number of hydrogen-bond donors (Lipinski definition) is 1. The Bertz CT molecular complexity index is 645. The van der Waals surface area contributed by atoms with E-state index in [9.17, 15) is 5.11 Å². The van der Waals surface area contributed by atoms with Gasteiger partial charge in [0.05, 0.1) is 10.6 Å². The summed E-state index contributed by atoms with van der Waals surface area (Å²) in [6, 6.07) is 11.1. The Morgan fingerprint density at radius 2 is 2.10 bits per heavy atom. The van der Waals surface area contributed by atoms with Gasteiger partial charge < -0.3 is 14.6 Å². The molecule has 104 valence electrons. The van der Waals surface area contributed by atoms with Crippen molar-refractivity contribution >= 4 is 27.5 Å². The van der Waals surface area contributed by atoms with Crippen LogP contribution in [-0.2, 0) is 6.42 Å². The molecule has 1 aliphatic rings. The van der Waals surface area contributed by atoms with Crippen molar-refractivity contribution < 1.29 is 14.6 Å². The van der Waals surface area contributed by atoms with E-state index in [-0.39, 0.29) is 6.79 Å². The Kier molecular flexibility index (Phi) is 3.87. The molecule has 0 saturated heterocycles. The van der Waals surface area contributed by atoms with E-state index in [1.165, 1.54) is 0 Å². The first-order valence-corrected chi connectivity index (χ1v) is 7.32. The number of benzene rings is 2. The minimum Gasteiger partial charge on any atom is -0.454 e. The second kappa shape index (κ2) is 5.64. The van der Waals surface area contributed by atoms with Gasteiger partial charge in [-0.25, -0.2) is 0 Å². The molecule has 0 saturated carbocycles. The van der Waals surface area contributed by atoms with Gasteiger partial charge in [-0.05, 0) is 51.3 Å². The molecule has 2 aromatic rings. The molecule has 0 aromatic heterocycles. The average molecular weight is 356 g/mol. The lowest BCUT2D eigenvalue weighted by Crippen LogP contribution is -2.02. The van der Waals surface area contributed by atoms with Crippen LogP contribution in [0, 0.1) is 0 Å². The third-order valence-electron chi connectivity index (χ3n) is 3.15. The van der Waals surface area contributed by atoms with Crippen LogP contribution in [0.15, 0.2) is 40.9 Å². The Balaban J connectivity index is 1.84. The number of hydrogen-bond acceptors (Lipinski definition) is 3. The van der Waals surface area contributed by atoms with Crippen molar-refractivity contribution in [2.45, 2.75) is 12.5 Å². The first kappa shape index (κ1) is 13.7. The SMILES string of the molecule is OC(Cc1cccc(Cl)c1)c1cc(Br)c2c(c1)OCO2. The van der Waals surface area contributed by atoms with Crippen LogP contribution in [0.5, 0.6) is 11.5 Å². The quantitative estimate of drug-likeness (QED) is 0.900. The van der Waals surface area contributed by atoms with E-state index in [2.05, 4.69) is 15.9 Å². The fourth-order valence-corrected chi connectivity index (χ4v) is 2.97. The molecule has 0 fully saturated rings.